The van der Waals surface area contributed by atoms with E-state index in [2.05, 4.69) is 25.6 Å². The molecule has 2 aliphatic rings. The van der Waals surface area contributed by atoms with Crippen LogP contribution in [0.3, 0.4) is 0 Å². The molecule has 0 saturated carbocycles. The molecule has 30 heavy (non-hydrogen) atoms. The van der Waals surface area contributed by atoms with Crippen molar-refractivity contribution < 1.29 is 9.50 Å². The molecule has 0 radical (unpaired) electrons. The maximum absolute atomic E-state index is 14.8. The molecule has 2 aromatic heterocycles. The predicted molar refractivity (Wildman–Crippen MR) is 109 cm³/mol. The number of alkyl halides is 1. The Morgan fingerprint density at radius 2 is 2.10 bits per heavy atom. The second kappa shape index (κ2) is 6.98. The molecule has 4 heterocycles. The van der Waals surface area contributed by atoms with Gasteiger partial charge in [0.1, 0.15) is 11.9 Å². The lowest BCUT2D eigenvalue weighted by molar-refractivity contribution is 0.176. The minimum Gasteiger partial charge on any atom is -0.507 e. The number of anilines is 1. The molecular formula is C20H22FN7O2. The normalized spacial score (nSPS) is 25.6. The van der Waals surface area contributed by atoms with E-state index in [1.54, 1.807) is 24.2 Å². The van der Waals surface area contributed by atoms with Crippen molar-refractivity contribution in [2.75, 3.05) is 11.9 Å². The van der Waals surface area contributed by atoms with E-state index in [1.165, 1.54) is 16.9 Å². The molecule has 2 fully saturated rings. The van der Waals surface area contributed by atoms with Gasteiger partial charge < -0.3 is 15.3 Å². The number of benzene rings is 1. The first kappa shape index (κ1) is 18.9. The van der Waals surface area contributed by atoms with Gasteiger partial charge in [0.05, 0.1) is 29.4 Å². The number of aromatic hydroxyl groups is 1. The first-order valence-electron chi connectivity index (χ1n) is 9.94. The van der Waals surface area contributed by atoms with E-state index in [0.717, 1.165) is 12.8 Å². The lowest BCUT2D eigenvalue weighted by Gasteiger charge is -2.38. The van der Waals surface area contributed by atoms with Gasteiger partial charge in [-0.2, -0.15) is 5.10 Å². The number of phenols is 1. The fourth-order valence-corrected chi connectivity index (χ4v) is 4.52. The molecule has 5 rings (SSSR count). The van der Waals surface area contributed by atoms with E-state index in [-0.39, 0.29) is 29.2 Å². The van der Waals surface area contributed by atoms with Gasteiger partial charge in [0.25, 0.3) is 5.56 Å². The van der Waals surface area contributed by atoms with Crippen LogP contribution in [0.15, 0.2) is 29.3 Å². The molecule has 9 nitrogen and oxygen atoms in total. The number of phenolic OH excluding ortho intramolecular Hbond substituents is 1. The van der Waals surface area contributed by atoms with Crippen LogP contribution >= 0.6 is 0 Å². The molecule has 2 saturated heterocycles. The Balaban J connectivity index is 1.44. The van der Waals surface area contributed by atoms with Crippen LogP contribution in [0.1, 0.15) is 19.3 Å². The van der Waals surface area contributed by atoms with Crippen molar-refractivity contribution in [3.05, 3.63) is 34.9 Å². The van der Waals surface area contributed by atoms with Crippen LogP contribution in [0.25, 0.3) is 22.2 Å². The average molecular weight is 411 g/mol. The molecular weight excluding hydrogens is 389 g/mol. The third-order valence-electron chi connectivity index (χ3n) is 6.27. The summed E-state index contributed by atoms with van der Waals surface area (Å²) >= 11 is 0. The lowest BCUT2D eigenvalue weighted by Crippen LogP contribution is -2.55. The number of nitrogens with one attached hydrogen (secondary N) is 1. The number of rotatable bonds is 3. The highest BCUT2D eigenvalue weighted by atomic mass is 19.1. The highest BCUT2D eigenvalue weighted by molar-refractivity contribution is 5.88. The Hall–Kier alpha value is -3.14. The molecule has 1 aromatic carbocycles. The van der Waals surface area contributed by atoms with E-state index in [9.17, 15) is 14.3 Å². The Morgan fingerprint density at radius 1 is 1.27 bits per heavy atom. The van der Waals surface area contributed by atoms with Crippen molar-refractivity contribution in [2.45, 2.75) is 43.6 Å². The number of halogens is 1. The maximum atomic E-state index is 14.8. The predicted octanol–water partition coefficient (Wildman–Crippen LogP) is 1.16. The van der Waals surface area contributed by atoms with Crippen molar-refractivity contribution in [1.29, 1.82) is 0 Å². The molecule has 0 amide bonds. The summed E-state index contributed by atoms with van der Waals surface area (Å²) < 4.78 is 16.0. The minimum atomic E-state index is -0.977. The second-order valence-corrected chi connectivity index (χ2v) is 8.08. The molecule has 2 N–H and O–H groups in total. The van der Waals surface area contributed by atoms with E-state index in [4.69, 9.17) is 0 Å². The Labute approximate surface area is 171 Å². The molecule has 2 bridgehead atoms. The number of piperidine rings is 1. The summed E-state index contributed by atoms with van der Waals surface area (Å²) in [5.41, 5.74) is 0.0459. The summed E-state index contributed by atoms with van der Waals surface area (Å²) in [6, 6.07) is 2.96. The smallest absolute Gasteiger partial charge is 0.274 e. The molecule has 156 valence electrons. The van der Waals surface area contributed by atoms with Crippen molar-refractivity contribution >= 4 is 16.6 Å². The molecule has 2 aliphatic heterocycles. The molecule has 4 atom stereocenters. The van der Waals surface area contributed by atoms with Crippen LogP contribution in [0.4, 0.5) is 10.2 Å². The fraction of sp³-hybridized carbons (Fsp3) is 0.450. The van der Waals surface area contributed by atoms with Crippen LogP contribution in [-0.4, -0.2) is 61.4 Å². The molecule has 3 aromatic rings. The SMILES string of the molecule is CN(c1cnc(-c2cc3cnn(C)c(=O)c3cc2O)nn1)[C@H]1CC2CCC(N2)[C@H]1F. The van der Waals surface area contributed by atoms with Crippen molar-refractivity contribution in [1.82, 2.24) is 30.3 Å². The van der Waals surface area contributed by atoms with E-state index in [1.807, 2.05) is 7.05 Å². The average Bonchev–Trinajstić information content (AvgIpc) is 3.17. The highest BCUT2D eigenvalue weighted by Crippen LogP contribution is 2.34. The van der Waals surface area contributed by atoms with Gasteiger partial charge in [-0.15, -0.1) is 10.2 Å². The summed E-state index contributed by atoms with van der Waals surface area (Å²) in [5.74, 6) is 0.574. The Kier molecular flexibility index (Phi) is 4.39. The maximum Gasteiger partial charge on any atom is 0.274 e. The number of aromatic nitrogens is 5. The van der Waals surface area contributed by atoms with Crippen LogP contribution in [0, 0.1) is 0 Å². The van der Waals surface area contributed by atoms with Gasteiger partial charge in [-0.05, 0) is 31.4 Å². The van der Waals surface area contributed by atoms with E-state index >= 15 is 0 Å². The number of hydrogen-bond donors (Lipinski definition) is 2. The summed E-state index contributed by atoms with van der Waals surface area (Å²) in [6.07, 6.45) is 4.67. The van der Waals surface area contributed by atoms with Gasteiger partial charge in [0, 0.05) is 31.6 Å². The van der Waals surface area contributed by atoms with Crippen LogP contribution in [-0.2, 0) is 7.05 Å². The zero-order chi connectivity index (χ0) is 21.0. The molecule has 2 unspecified atom stereocenters. The van der Waals surface area contributed by atoms with Crippen molar-refractivity contribution in [3.8, 4) is 17.1 Å². The van der Waals surface area contributed by atoms with E-state index < -0.39 is 6.17 Å². The summed E-state index contributed by atoms with van der Waals surface area (Å²) in [5, 5.41) is 27.0. The lowest BCUT2D eigenvalue weighted by atomic mass is 9.96. The third kappa shape index (κ3) is 2.98. The molecule has 0 spiro atoms. The van der Waals surface area contributed by atoms with Gasteiger partial charge in [0.2, 0.25) is 0 Å². The quantitative estimate of drug-likeness (QED) is 0.661. The topological polar surface area (TPSA) is 109 Å². The zero-order valence-corrected chi connectivity index (χ0v) is 16.7. The van der Waals surface area contributed by atoms with Gasteiger partial charge in [-0.3, -0.25) is 4.79 Å². The number of nitrogens with zero attached hydrogens (tertiary/aromatic N) is 6. The second-order valence-electron chi connectivity index (χ2n) is 8.08. The van der Waals surface area contributed by atoms with Crippen molar-refractivity contribution in [2.24, 2.45) is 7.05 Å². The Bertz CT molecular complexity index is 1170. The Morgan fingerprint density at radius 3 is 2.87 bits per heavy atom. The van der Waals surface area contributed by atoms with E-state index in [0.29, 0.717) is 34.6 Å². The zero-order valence-electron chi connectivity index (χ0n) is 16.7. The third-order valence-corrected chi connectivity index (χ3v) is 6.27. The number of hydrogen-bond acceptors (Lipinski definition) is 8. The minimum absolute atomic E-state index is 0.104. The summed E-state index contributed by atoms with van der Waals surface area (Å²) in [7, 11) is 3.35. The standard InChI is InChI=1S/C20H22FN7O2/c1-27(15-6-11-3-4-14(24-11)18(15)21)17-9-22-19(26-25-17)13-5-10-8-23-28(2)20(30)12(10)7-16(13)29/h5,7-9,11,14-15,18,24,29H,3-4,6H2,1-2H3/t11?,14?,15-,18+/m0/s1. The number of aryl methyl sites for hydroxylation is 1. The van der Waals surface area contributed by atoms with Crippen molar-refractivity contribution in [3.63, 3.8) is 0 Å². The first-order chi connectivity index (χ1) is 14.4. The van der Waals surface area contributed by atoms with Crippen LogP contribution < -0.4 is 15.8 Å². The molecule has 0 aliphatic carbocycles. The van der Waals surface area contributed by atoms with Crippen LogP contribution in [0.5, 0.6) is 5.75 Å². The van der Waals surface area contributed by atoms with Gasteiger partial charge in [-0.1, -0.05) is 0 Å². The summed E-state index contributed by atoms with van der Waals surface area (Å²) in [6.45, 7) is 0. The van der Waals surface area contributed by atoms with Gasteiger partial charge >= 0.3 is 0 Å². The van der Waals surface area contributed by atoms with Gasteiger partial charge in [0.15, 0.2) is 11.6 Å². The molecule has 10 heteroatoms. The number of fused-ring (bicyclic) bond motifs is 3. The monoisotopic (exact) mass is 411 g/mol. The fourth-order valence-electron chi connectivity index (χ4n) is 4.52. The van der Waals surface area contributed by atoms with Gasteiger partial charge in [-0.25, -0.2) is 14.1 Å². The largest absolute Gasteiger partial charge is 0.507 e. The van der Waals surface area contributed by atoms with Crippen LogP contribution in [0.2, 0.25) is 0 Å². The highest BCUT2D eigenvalue weighted by Gasteiger charge is 2.43. The first-order valence-corrected chi connectivity index (χ1v) is 9.94. The summed E-state index contributed by atoms with van der Waals surface area (Å²) in [4.78, 5) is 18.3.